The van der Waals surface area contributed by atoms with Crippen molar-refractivity contribution < 1.29 is 0 Å². The summed E-state index contributed by atoms with van der Waals surface area (Å²) < 4.78 is 1.58. The smallest absolute Gasteiger partial charge is 0.270 e. The van der Waals surface area contributed by atoms with E-state index in [0.29, 0.717) is 25.8 Å². The van der Waals surface area contributed by atoms with Crippen molar-refractivity contribution >= 4 is 46.7 Å². The Morgan fingerprint density at radius 3 is 2.75 bits per heavy atom. The van der Waals surface area contributed by atoms with Crippen molar-refractivity contribution in [2.45, 2.75) is 29.6 Å². The van der Waals surface area contributed by atoms with E-state index in [4.69, 9.17) is 28.9 Å². The van der Waals surface area contributed by atoms with Crippen molar-refractivity contribution in [2.24, 2.45) is 7.05 Å². The van der Waals surface area contributed by atoms with Gasteiger partial charge >= 0.3 is 0 Å². The van der Waals surface area contributed by atoms with Gasteiger partial charge in [0.2, 0.25) is 5.95 Å². The van der Waals surface area contributed by atoms with E-state index in [9.17, 15) is 4.79 Å². The van der Waals surface area contributed by atoms with E-state index < -0.39 is 0 Å². The van der Waals surface area contributed by atoms with Crippen LogP contribution in [0.4, 0.5) is 11.8 Å². The summed E-state index contributed by atoms with van der Waals surface area (Å²) in [6.07, 6.45) is 2.17. The number of benzene rings is 1. The molecule has 1 aliphatic rings. The molecule has 28 heavy (non-hydrogen) atoms. The first-order chi connectivity index (χ1) is 13.4. The van der Waals surface area contributed by atoms with Crippen LogP contribution < -0.4 is 16.2 Å². The molecule has 0 bridgehead atoms. The van der Waals surface area contributed by atoms with Gasteiger partial charge < -0.3 is 15.5 Å². The molecule has 0 saturated carbocycles. The number of hydrogen-bond donors (Lipinski definition) is 1. The minimum absolute atomic E-state index is 0.182. The molecule has 2 aromatic rings. The van der Waals surface area contributed by atoms with Gasteiger partial charge in [0.1, 0.15) is 10.7 Å². The largest absolute Gasteiger partial charge is 0.382 e. The Morgan fingerprint density at radius 1 is 1.21 bits per heavy atom. The van der Waals surface area contributed by atoms with E-state index in [1.54, 1.807) is 23.7 Å². The third-order valence-corrected chi connectivity index (χ3v) is 6.87. The fourth-order valence-electron chi connectivity index (χ4n) is 3.35. The van der Waals surface area contributed by atoms with Crippen LogP contribution in [0.3, 0.4) is 0 Å². The maximum absolute atomic E-state index is 13.0. The van der Waals surface area contributed by atoms with Gasteiger partial charge in [0.15, 0.2) is 0 Å². The van der Waals surface area contributed by atoms with Crippen LogP contribution in [0.25, 0.3) is 0 Å². The van der Waals surface area contributed by atoms with Crippen molar-refractivity contribution in [1.82, 2.24) is 14.5 Å². The molecule has 2 N–H and O–H groups in total. The topological polar surface area (TPSA) is 67.4 Å². The van der Waals surface area contributed by atoms with Gasteiger partial charge in [-0.15, -0.1) is 0 Å². The molecule has 0 atom stereocenters. The lowest BCUT2D eigenvalue weighted by Crippen LogP contribution is -2.36. The normalized spacial score (nSPS) is 15.6. The molecule has 1 fully saturated rings. The highest BCUT2D eigenvalue weighted by atomic mass is 35.5. The zero-order valence-electron chi connectivity index (χ0n) is 16.1. The Bertz CT molecular complexity index is 905. The number of nitrogens with zero attached hydrogens (tertiary/aromatic N) is 4. The first-order valence-corrected chi connectivity index (χ1v) is 10.9. The van der Waals surface area contributed by atoms with Gasteiger partial charge in [-0.25, -0.2) is 0 Å². The van der Waals surface area contributed by atoms with Crippen LogP contribution in [0.1, 0.15) is 19.8 Å². The summed E-state index contributed by atoms with van der Waals surface area (Å²) >= 11 is 13.5. The predicted molar refractivity (Wildman–Crippen MR) is 118 cm³/mol. The number of rotatable bonds is 5. The van der Waals surface area contributed by atoms with Crippen molar-refractivity contribution in [1.29, 1.82) is 0 Å². The first-order valence-electron chi connectivity index (χ1n) is 9.38. The van der Waals surface area contributed by atoms with Gasteiger partial charge in [-0.3, -0.25) is 9.36 Å². The number of aromatic nitrogens is 2. The third-order valence-electron chi connectivity index (χ3n) is 4.79. The molecule has 1 aromatic carbocycles. The highest BCUT2D eigenvalue weighted by molar-refractivity contribution is 7.99. The Kier molecular flexibility index (Phi) is 7.15. The van der Waals surface area contributed by atoms with Gasteiger partial charge in [0.05, 0.1) is 10.0 Å². The summed E-state index contributed by atoms with van der Waals surface area (Å²) in [7, 11) is 1.74. The van der Waals surface area contributed by atoms with Gasteiger partial charge in [-0.05, 0) is 38.1 Å². The molecule has 1 aromatic heterocycles. The van der Waals surface area contributed by atoms with Crippen molar-refractivity contribution in [3.05, 3.63) is 38.6 Å². The van der Waals surface area contributed by atoms with Gasteiger partial charge in [0, 0.05) is 31.6 Å². The van der Waals surface area contributed by atoms with Gasteiger partial charge in [-0.2, -0.15) is 4.98 Å². The summed E-state index contributed by atoms with van der Waals surface area (Å²) in [5, 5.41) is 0.844. The Hall–Kier alpha value is -1.41. The standard InChI is InChI=1S/C19H25Cl2N5OS/c1-3-8-25-9-5-10-26(12-11-25)19-23-17(22)16(18(27)24(19)2)28-14-7-4-6-13(20)15(14)21/h4,6-7H,3,5,8-12,22H2,1-2H3. The van der Waals surface area contributed by atoms with Crippen LogP contribution in [0, 0.1) is 0 Å². The first kappa shape index (κ1) is 21.3. The highest BCUT2D eigenvalue weighted by Gasteiger charge is 2.21. The van der Waals surface area contributed by atoms with Gasteiger partial charge in [-0.1, -0.05) is 48.0 Å². The number of hydrogen-bond acceptors (Lipinski definition) is 6. The summed E-state index contributed by atoms with van der Waals surface area (Å²) in [5.41, 5.74) is 6.01. The maximum Gasteiger partial charge on any atom is 0.270 e. The van der Waals surface area contributed by atoms with E-state index >= 15 is 0 Å². The lowest BCUT2D eigenvalue weighted by Gasteiger charge is -2.25. The molecule has 0 amide bonds. The van der Waals surface area contributed by atoms with E-state index in [2.05, 4.69) is 21.7 Å². The molecular weight excluding hydrogens is 417 g/mol. The second-order valence-electron chi connectivity index (χ2n) is 6.83. The SMILES string of the molecule is CCCN1CCCN(c2nc(N)c(Sc3cccc(Cl)c3Cl)c(=O)n2C)CC1. The second-order valence-corrected chi connectivity index (χ2v) is 8.66. The number of nitrogen functional groups attached to an aromatic ring is 1. The summed E-state index contributed by atoms with van der Waals surface area (Å²) in [4.78, 5) is 23.2. The predicted octanol–water partition coefficient (Wildman–Crippen LogP) is 3.74. The molecular formula is C19H25Cl2N5OS. The Labute approximate surface area is 179 Å². The molecule has 9 heteroatoms. The molecule has 1 saturated heterocycles. The number of anilines is 2. The Balaban J connectivity index is 1.88. The minimum Gasteiger partial charge on any atom is -0.382 e. The van der Waals surface area contributed by atoms with Crippen LogP contribution in [-0.2, 0) is 7.05 Å². The molecule has 6 nitrogen and oxygen atoms in total. The van der Waals surface area contributed by atoms with Crippen molar-refractivity contribution in [2.75, 3.05) is 43.4 Å². The maximum atomic E-state index is 13.0. The van der Waals surface area contributed by atoms with Crippen LogP contribution in [-0.4, -0.2) is 47.2 Å². The zero-order chi connectivity index (χ0) is 20.3. The molecule has 152 valence electrons. The monoisotopic (exact) mass is 441 g/mol. The Morgan fingerprint density at radius 2 is 2.00 bits per heavy atom. The lowest BCUT2D eigenvalue weighted by molar-refractivity contribution is 0.294. The van der Waals surface area contributed by atoms with Crippen LogP contribution >= 0.6 is 35.0 Å². The highest BCUT2D eigenvalue weighted by Crippen LogP contribution is 2.37. The molecule has 0 aliphatic carbocycles. The molecule has 0 radical (unpaired) electrons. The van der Waals surface area contributed by atoms with E-state index in [0.717, 1.165) is 45.6 Å². The number of nitrogens with two attached hydrogens (primary N) is 1. The minimum atomic E-state index is -0.182. The van der Waals surface area contributed by atoms with E-state index in [1.807, 2.05) is 6.07 Å². The van der Waals surface area contributed by atoms with Crippen LogP contribution in [0.15, 0.2) is 32.8 Å². The zero-order valence-corrected chi connectivity index (χ0v) is 18.4. The average Bonchev–Trinajstić information content (AvgIpc) is 2.91. The number of halogens is 2. The summed E-state index contributed by atoms with van der Waals surface area (Å²) in [5.74, 6) is 0.830. The quantitative estimate of drug-likeness (QED) is 0.761. The molecule has 2 heterocycles. The molecule has 0 spiro atoms. The lowest BCUT2D eigenvalue weighted by atomic mass is 10.3. The van der Waals surface area contributed by atoms with Crippen molar-refractivity contribution in [3.8, 4) is 0 Å². The average molecular weight is 442 g/mol. The molecule has 3 rings (SSSR count). The van der Waals surface area contributed by atoms with E-state index in [1.165, 1.54) is 11.8 Å². The van der Waals surface area contributed by atoms with Crippen LogP contribution in [0.2, 0.25) is 10.0 Å². The third kappa shape index (κ3) is 4.59. The summed E-state index contributed by atoms with van der Waals surface area (Å²) in [6.45, 7) is 6.99. The molecule has 0 unspecified atom stereocenters. The van der Waals surface area contributed by atoms with Crippen LogP contribution in [0.5, 0.6) is 0 Å². The van der Waals surface area contributed by atoms with Crippen molar-refractivity contribution in [3.63, 3.8) is 0 Å². The van der Waals surface area contributed by atoms with Gasteiger partial charge in [0.25, 0.3) is 5.56 Å². The summed E-state index contributed by atoms with van der Waals surface area (Å²) in [6, 6.07) is 5.30. The molecule has 1 aliphatic heterocycles. The fraction of sp³-hybridized carbons (Fsp3) is 0.474. The second kappa shape index (κ2) is 9.39. The van der Waals surface area contributed by atoms with E-state index in [-0.39, 0.29) is 11.4 Å². The fourth-order valence-corrected chi connectivity index (χ4v) is 4.76.